The first-order chi connectivity index (χ1) is 9.69. The fraction of sp³-hybridized carbons (Fsp3) is 0.312. The van der Waals surface area contributed by atoms with Crippen molar-refractivity contribution < 1.29 is 4.74 Å². The Labute approximate surface area is 124 Å². The summed E-state index contributed by atoms with van der Waals surface area (Å²) in [4.78, 5) is 4.47. The third-order valence-electron chi connectivity index (χ3n) is 3.01. The van der Waals surface area contributed by atoms with E-state index < -0.39 is 0 Å². The third kappa shape index (κ3) is 4.22. The second-order valence-electron chi connectivity index (χ2n) is 4.65. The lowest BCUT2D eigenvalue weighted by atomic mass is 10.1. The Hall–Kier alpha value is -1.58. The summed E-state index contributed by atoms with van der Waals surface area (Å²) in [5.74, 6) is 0.833. The van der Waals surface area contributed by atoms with Crippen molar-refractivity contribution in [2.45, 2.75) is 18.8 Å². The number of hydrogen-bond acceptors (Lipinski definition) is 3. The number of ether oxygens (including phenoxy) is 1. The molecule has 0 saturated heterocycles. The van der Waals surface area contributed by atoms with Crippen LogP contribution >= 0.6 is 11.6 Å². The summed E-state index contributed by atoms with van der Waals surface area (Å²) in [5.41, 5.74) is 3.03. The largest absolute Gasteiger partial charge is 0.497 e. The lowest BCUT2D eigenvalue weighted by Crippen LogP contribution is -2.19. The number of nitrogens with zero attached hydrogens (tertiary/aromatic N) is 1. The van der Waals surface area contributed by atoms with Crippen molar-refractivity contribution in [1.29, 1.82) is 0 Å². The summed E-state index contributed by atoms with van der Waals surface area (Å²) in [7, 11) is 1.66. The summed E-state index contributed by atoms with van der Waals surface area (Å²) in [6.45, 7) is 3.33. The van der Waals surface area contributed by atoms with Gasteiger partial charge in [-0.05, 0) is 12.5 Å². The third-order valence-corrected chi connectivity index (χ3v) is 3.41. The number of alkyl halides is 1. The van der Waals surface area contributed by atoms with Crippen LogP contribution in [0.25, 0.3) is 0 Å². The molecule has 1 heterocycles. The topological polar surface area (TPSA) is 34.1 Å². The smallest absolute Gasteiger partial charge is 0.122 e. The molecule has 0 saturated carbocycles. The molecule has 1 atom stereocenters. The Morgan fingerprint density at radius 2 is 2.00 bits per heavy atom. The van der Waals surface area contributed by atoms with Crippen LogP contribution in [0, 0.1) is 6.92 Å². The van der Waals surface area contributed by atoms with Crippen molar-refractivity contribution in [2.24, 2.45) is 0 Å². The molecule has 106 valence electrons. The molecule has 20 heavy (non-hydrogen) atoms. The maximum Gasteiger partial charge on any atom is 0.122 e. The van der Waals surface area contributed by atoms with E-state index in [9.17, 15) is 0 Å². The number of pyridine rings is 1. The minimum atomic E-state index is -0.0390. The second kappa shape index (κ2) is 7.27. The maximum absolute atomic E-state index is 6.35. The number of aromatic nitrogens is 1. The van der Waals surface area contributed by atoms with Gasteiger partial charge in [-0.1, -0.05) is 30.3 Å². The second-order valence-corrected chi connectivity index (χ2v) is 5.18. The van der Waals surface area contributed by atoms with Gasteiger partial charge < -0.3 is 10.1 Å². The van der Waals surface area contributed by atoms with Crippen LogP contribution < -0.4 is 10.1 Å². The summed E-state index contributed by atoms with van der Waals surface area (Å²) >= 11 is 6.35. The normalized spacial score (nSPS) is 12.2. The SMILES string of the molecule is COc1cc(C)nc(CNCC(Cl)c2ccccc2)c1. The van der Waals surface area contributed by atoms with E-state index in [1.807, 2.05) is 49.4 Å². The number of hydrogen-bond donors (Lipinski definition) is 1. The zero-order valence-electron chi connectivity index (χ0n) is 11.8. The van der Waals surface area contributed by atoms with E-state index >= 15 is 0 Å². The molecule has 1 N–H and O–H groups in total. The molecule has 2 aromatic rings. The van der Waals surface area contributed by atoms with E-state index in [0.717, 1.165) is 22.7 Å². The van der Waals surface area contributed by atoms with Crippen LogP contribution in [0.3, 0.4) is 0 Å². The van der Waals surface area contributed by atoms with Crippen LogP contribution in [-0.2, 0) is 6.54 Å². The van der Waals surface area contributed by atoms with Gasteiger partial charge in [-0.25, -0.2) is 0 Å². The first-order valence-corrected chi connectivity index (χ1v) is 7.04. The lowest BCUT2D eigenvalue weighted by molar-refractivity contribution is 0.412. The molecule has 0 radical (unpaired) electrons. The molecule has 3 nitrogen and oxygen atoms in total. The van der Waals surface area contributed by atoms with Crippen LogP contribution in [0.5, 0.6) is 5.75 Å². The zero-order chi connectivity index (χ0) is 14.4. The standard InChI is InChI=1S/C16H19ClN2O/c1-12-8-15(20-2)9-14(19-12)10-18-11-16(17)13-6-4-3-5-7-13/h3-9,16,18H,10-11H2,1-2H3. The highest BCUT2D eigenvalue weighted by molar-refractivity contribution is 6.21. The molecule has 0 bridgehead atoms. The Kier molecular flexibility index (Phi) is 5.39. The first kappa shape index (κ1) is 14.8. The van der Waals surface area contributed by atoms with Gasteiger partial charge in [0.1, 0.15) is 5.75 Å². The molecule has 0 fully saturated rings. The molecule has 1 unspecified atom stereocenters. The summed E-state index contributed by atoms with van der Waals surface area (Å²) < 4.78 is 5.24. The zero-order valence-corrected chi connectivity index (χ0v) is 12.5. The molecule has 0 amide bonds. The predicted octanol–water partition coefficient (Wildman–Crippen LogP) is 3.47. The Morgan fingerprint density at radius 3 is 2.70 bits per heavy atom. The number of halogens is 1. The van der Waals surface area contributed by atoms with Gasteiger partial charge in [-0.2, -0.15) is 0 Å². The molecule has 4 heteroatoms. The Balaban J connectivity index is 1.88. The lowest BCUT2D eigenvalue weighted by Gasteiger charge is -2.11. The molecule has 0 aliphatic carbocycles. The van der Waals surface area contributed by atoms with Gasteiger partial charge in [0.25, 0.3) is 0 Å². The fourth-order valence-electron chi connectivity index (χ4n) is 2.02. The number of benzene rings is 1. The van der Waals surface area contributed by atoms with Gasteiger partial charge in [0, 0.05) is 30.9 Å². The van der Waals surface area contributed by atoms with Gasteiger partial charge in [0.15, 0.2) is 0 Å². The predicted molar refractivity (Wildman–Crippen MR) is 82.3 cm³/mol. The van der Waals surface area contributed by atoms with E-state index in [2.05, 4.69) is 10.3 Å². The Morgan fingerprint density at radius 1 is 1.25 bits per heavy atom. The van der Waals surface area contributed by atoms with Gasteiger partial charge in [0.05, 0.1) is 18.2 Å². The maximum atomic E-state index is 6.35. The van der Waals surface area contributed by atoms with E-state index in [1.165, 1.54) is 0 Å². The number of aryl methyl sites for hydroxylation is 1. The summed E-state index contributed by atoms with van der Waals surface area (Å²) in [6.07, 6.45) is 0. The molecule has 1 aromatic heterocycles. The van der Waals surface area contributed by atoms with Gasteiger partial charge in [-0.3, -0.25) is 4.98 Å². The summed E-state index contributed by atoms with van der Waals surface area (Å²) in [6, 6.07) is 13.9. The Bertz CT molecular complexity index is 545. The highest BCUT2D eigenvalue weighted by Gasteiger charge is 2.07. The van der Waals surface area contributed by atoms with Crippen molar-refractivity contribution >= 4 is 11.6 Å². The van der Waals surface area contributed by atoms with Crippen molar-refractivity contribution in [3.63, 3.8) is 0 Å². The van der Waals surface area contributed by atoms with Crippen molar-refractivity contribution in [3.05, 3.63) is 59.4 Å². The molecule has 0 spiro atoms. The quantitative estimate of drug-likeness (QED) is 0.827. The minimum absolute atomic E-state index is 0.0390. The minimum Gasteiger partial charge on any atom is -0.497 e. The molecule has 0 aliphatic heterocycles. The van der Waals surface area contributed by atoms with Crippen LogP contribution in [-0.4, -0.2) is 18.6 Å². The average molecular weight is 291 g/mol. The highest BCUT2D eigenvalue weighted by atomic mass is 35.5. The van der Waals surface area contributed by atoms with Crippen LogP contribution in [0.15, 0.2) is 42.5 Å². The van der Waals surface area contributed by atoms with E-state index in [4.69, 9.17) is 16.3 Å². The van der Waals surface area contributed by atoms with E-state index in [0.29, 0.717) is 13.1 Å². The first-order valence-electron chi connectivity index (χ1n) is 6.60. The molecule has 2 rings (SSSR count). The van der Waals surface area contributed by atoms with Crippen molar-refractivity contribution in [1.82, 2.24) is 10.3 Å². The van der Waals surface area contributed by atoms with Gasteiger partial charge in [0.2, 0.25) is 0 Å². The van der Waals surface area contributed by atoms with Crippen LogP contribution in [0.2, 0.25) is 0 Å². The fourth-order valence-corrected chi connectivity index (χ4v) is 2.27. The highest BCUT2D eigenvalue weighted by Crippen LogP contribution is 2.19. The van der Waals surface area contributed by atoms with E-state index in [-0.39, 0.29) is 5.38 Å². The monoisotopic (exact) mass is 290 g/mol. The van der Waals surface area contributed by atoms with Crippen LogP contribution in [0.1, 0.15) is 22.3 Å². The molecular weight excluding hydrogens is 272 g/mol. The number of nitrogens with one attached hydrogen (secondary N) is 1. The van der Waals surface area contributed by atoms with Gasteiger partial charge in [-0.15, -0.1) is 11.6 Å². The van der Waals surface area contributed by atoms with Crippen molar-refractivity contribution in [2.75, 3.05) is 13.7 Å². The van der Waals surface area contributed by atoms with Crippen LogP contribution in [0.4, 0.5) is 0 Å². The van der Waals surface area contributed by atoms with E-state index in [1.54, 1.807) is 7.11 Å². The summed E-state index contributed by atoms with van der Waals surface area (Å²) in [5, 5.41) is 3.29. The molecule has 1 aromatic carbocycles. The van der Waals surface area contributed by atoms with Gasteiger partial charge >= 0.3 is 0 Å². The average Bonchev–Trinajstić information content (AvgIpc) is 2.47. The molecule has 0 aliphatic rings. The van der Waals surface area contributed by atoms with Crippen molar-refractivity contribution in [3.8, 4) is 5.75 Å². The number of methoxy groups -OCH3 is 1. The number of rotatable bonds is 6. The molecular formula is C16H19ClN2O.